The minimum absolute atomic E-state index is 0.246. The molecule has 0 spiro atoms. The zero-order valence-corrected chi connectivity index (χ0v) is 14.6. The molecule has 0 radical (unpaired) electrons. The van der Waals surface area contributed by atoms with Gasteiger partial charge in [0.2, 0.25) is 0 Å². The fourth-order valence-electron chi connectivity index (χ4n) is 1.93. The summed E-state index contributed by atoms with van der Waals surface area (Å²) in [5, 5.41) is 4.69. The average molecular weight is 352 g/mol. The maximum absolute atomic E-state index is 13.4. The van der Waals surface area contributed by atoms with Crippen LogP contribution in [0.3, 0.4) is 0 Å². The van der Waals surface area contributed by atoms with Crippen molar-refractivity contribution in [2.24, 2.45) is 0 Å². The predicted octanol–water partition coefficient (Wildman–Crippen LogP) is 4.75. The number of hydrogen-bond acceptors (Lipinski definition) is 1. The van der Waals surface area contributed by atoms with Gasteiger partial charge in [0.15, 0.2) is 0 Å². The van der Waals surface area contributed by atoms with Gasteiger partial charge in [0, 0.05) is 12.2 Å². The molecule has 0 aliphatic carbocycles. The first kappa shape index (κ1) is 15.3. The van der Waals surface area contributed by atoms with E-state index in [0.717, 1.165) is 5.69 Å². The zero-order chi connectivity index (χ0) is 14.8. The van der Waals surface area contributed by atoms with Crippen LogP contribution >= 0.6 is 15.9 Å². The predicted molar refractivity (Wildman–Crippen MR) is 90.8 cm³/mol. The lowest BCUT2D eigenvalue weighted by Gasteiger charge is -2.17. The molecule has 1 N–H and O–H groups in total. The molecule has 0 saturated carbocycles. The van der Waals surface area contributed by atoms with E-state index >= 15 is 0 Å². The van der Waals surface area contributed by atoms with E-state index in [2.05, 4.69) is 65.2 Å². The van der Waals surface area contributed by atoms with E-state index in [9.17, 15) is 4.39 Å². The van der Waals surface area contributed by atoms with E-state index in [1.54, 1.807) is 6.07 Å². The van der Waals surface area contributed by atoms with Gasteiger partial charge in [-0.3, -0.25) is 0 Å². The zero-order valence-electron chi connectivity index (χ0n) is 12.0. The summed E-state index contributed by atoms with van der Waals surface area (Å²) in [6.07, 6.45) is 0. The van der Waals surface area contributed by atoms with Gasteiger partial charge >= 0.3 is 0 Å². The largest absolute Gasteiger partial charge is 0.381 e. The second-order valence-corrected chi connectivity index (χ2v) is 11.9. The van der Waals surface area contributed by atoms with Crippen molar-refractivity contribution in [3.05, 3.63) is 58.3 Å². The molecule has 0 saturated heterocycles. The van der Waals surface area contributed by atoms with Crippen LogP contribution in [0.5, 0.6) is 0 Å². The molecule has 1 nitrogen and oxygen atoms in total. The van der Waals surface area contributed by atoms with Crippen LogP contribution in [0.15, 0.2) is 46.9 Å². The third kappa shape index (κ3) is 3.93. The summed E-state index contributed by atoms with van der Waals surface area (Å²) < 4.78 is 13.9. The minimum atomic E-state index is -1.23. The quantitative estimate of drug-likeness (QED) is 0.784. The molecule has 0 atom stereocenters. The fourth-order valence-corrected chi connectivity index (χ4v) is 3.35. The van der Waals surface area contributed by atoms with Crippen molar-refractivity contribution in [2.75, 3.05) is 5.32 Å². The highest BCUT2D eigenvalue weighted by Crippen LogP contribution is 2.19. The van der Waals surface area contributed by atoms with Gasteiger partial charge < -0.3 is 5.32 Å². The first-order chi connectivity index (χ1) is 9.36. The molecule has 0 aliphatic heterocycles. The van der Waals surface area contributed by atoms with Crippen LogP contribution in [-0.2, 0) is 6.54 Å². The SMILES string of the molecule is C[Si](C)(C)c1ccc(CNc2ccc(Br)c(F)c2)cc1. The summed E-state index contributed by atoms with van der Waals surface area (Å²) in [5.41, 5.74) is 2.00. The number of anilines is 1. The topological polar surface area (TPSA) is 12.0 Å². The van der Waals surface area contributed by atoms with E-state index in [1.807, 2.05) is 6.07 Å². The van der Waals surface area contributed by atoms with Crippen LogP contribution in [0.1, 0.15) is 5.56 Å². The number of nitrogens with one attached hydrogen (secondary N) is 1. The van der Waals surface area contributed by atoms with Crippen LogP contribution in [0.25, 0.3) is 0 Å². The lowest BCUT2D eigenvalue weighted by molar-refractivity contribution is 0.621. The summed E-state index contributed by atoms with van der Waals surface area (Å²) in [4.78, 5) is 0. The first-order valence-electron chi connectivity index (χ1n) is 6.64. The molecular weight excluding hydrogens is 333 g/mol. The first-order valence-corrected chi connectivity index (χ1v) is 10.9. The Morgan fingerprint density at radius 1 is 1.05 bits per heavy atom. The molecule has 4 heteroatoms. The van der Waals surface area contributed by atoms with Crippen molar-refractivity contribution in [3.8, 4) is 0 Å². The van der Waals surface area contributed by atoms with E-state index < -0.39 is 8.07 Å². The lowest BCUT2D eigenvalue weighted by atomic mass is 10.2. The molecule has 0 aliphatic rings. The summed E-state index contributed by atoms with van der Waals surface area (Å²) in [6, 6.07) is 13.8. The van der Waals surface area contributed by atoms with Gasteiger partial charge in [-0.15, -0.1) is 0 Å². The third-order valence-corrected chi connectivity index (χ3v) is 5.94. The van der Waals surface area contributed by atoms with Gasteiger partial charge in [-0.1, -0.05) is 49.1 Å². The lowest BCUT2D eigenvalue weighted by Crippen LogP contribution is -2.37. The highest BCUT2D eigenvalue weighted by molar-refractivity contribution is 9.10. The second kappa shape index (κ2) is 6.10. The van der Waals surface area contributed by atoms with Gasteiger partial charge in [-0.2, -0.15) is 0 Å². The molecule has 2 rings (SSSR count). The molecule has 0 amide bonds. The van der Waals surface area contributed by atoms with Gasteiger partial charge in [-0.05, 0) is 39.7 Å². The molecule has 106 valence electrons. The standard InChI is InChI=1S/C16H19BrFNSi/c1-20(2,3)14-7-4-12(5-8-14)11-19-13-6-9-15(17)16(18)10-13/h4-10,19H,11H2,1-3H3. The number of rotatable bonds is 4. The van der Waals surface area contributed by atoms with Gasteiger partial charge in [0.05, 0.1) is 12.5 Å². The Balaban J connectivity index is 2.02. The van der Waals surface area contributed by atoms with E-state index in [0.29, 0.717) is 11.0 Å². The normalized spacial score (nSPS) is 11.4. The van der Waals surface area contributed by atoms with E-state index in [4.69, 9.17) is 0 Å². The van der Waals surface area contributed by atoms with Gasteiger partial charge in [0.1, 0.15) is 5.82 Å². The van der Waals surface area contributed by atoms with Crippen LogP contribution in [0.4, 0.5) is 10.1 Å². The highest BCUT2D eigenvalue weighted by atomic mass is 79.9. The Kier molecular flexibility index (Phi) is 4.65. The maximum atomic E-state index is 13.4. The van der Waals surface area contributed by atoms with Crippen molar-refractivity contribution in [1.29, 1.82) is 0 Å². The minimum Gasteiger partial charge on any atom is -0.381 e. The average Bonchev–Trinajstić information content (AvgIpc) is 2.40. The molecule has 2 aromatic carbocycles. The summed E-state index contributed by atoms with van der Waals surface area (Å²) in [5.74, 6) is -0.246. The summed E-state index contributed by atoms with van der Waals surface area (Å²) in [7, 11) is -1.23. The Morgan fingerprint density at radius 2 is 1.70 bits per heavy atom. The molecule has 0 unspecified atom stereocenters. The monoisotopic (exact) mass is 351 g/mol. The molecular formula is C16H19BrFNSi. The van der Waals surface area contributed by atoms with Gasteiger partial charge in [-0.25, -0.2) is 4.39 Å². The highest BCUT2D eigenvalue weighted by Gasteiger charge is 2.15. The molecule has 20 heavy (non-hydrogen) atoms. The fraction of sp³-hybridized carbons (Fsp3) is 0.250. The summed E-state index contributed by atoms with van der Waals surface area (Å²) in [6.45, 7) is 7.72. The van der Waals surface area contributed by atoms with Crippen LogP contribution in [-0.4, -0.2) is 8.07 Å². The van der Waals surface area contributed by atoms with E-state index in [1.165, 1.54) is 16.8 Å². The Bertz CT molecular complexity index is 590. The van der Waals surface area contributed by atoms with Crippen molar-refractivity contribution in [3.63, 3.8) is 0 Å². The Morgan fingerprint density at radius 3 is 2.25 bits per heavy atom. The summed E-state index contributed by atoms with van der Waals surface area (Å²) >= 11 is 3.15. The molecule has 2 aromatic rings. The van der Waals surface area contributed by atoms with Gasteiger partial charge in [0.25, 0.3) is 0 Å². The van der Waals surface area contributed by atoms with Crippen LogP contribution in [0, 0.1) is 5.82 Å². The molecule has 0 aromatic heterocycles. The van der Waals surface area contributed by atoms with E-state index in [-0.39, 0.29) is 5.82 Å². The van der Waals surface area contributed by atoms with Crippen molar-refractivity contribution < 1.29 is 4.39 Å². The maximum Gasteiger partial charge on any atom is 0.139 e. The van der Waals surface area contributed by atoms with Crippen molar-refractivity contribution in [1.82, 2.24) is 0 Å². The Hall–Kier alpha value is -1.13. The Labute approximate surface area is 129 Å². The number of benzene rings is 2. The third-order valence-electron chi connectivity index (χ3n) is 3.24. The van der Waals surface area contributed by atoms with Crippen LogP contribution in [0.2, 0.25) is 19.6 Å². The smallest absolute Gasteiger partial charge is 0.139 e. The molecule has 0 bridgehead atoms. The molecule has 0 heterocycles. The number of halogens is 2. The van der Waals surface area contributed by atoms with Crippen molar-refractivity contribution >= 4 is 34.9 Å². The van der Waals surface area contributed by atoms with Crippen LogP contribution < -0.4 is 10.5 Å². The number of hydrogen-bond donors (Lipinski definition) is 1. The molecule has 0 fully saturated rings. The second-order valence-electron chi connectivity index (χ2n) is 5.93. The van der Waals surface area contributed by atoms with Crippen molar-refractivity contribution in [2.45, 2.75) is 26.2 Å².